The molecular weight excluding hydrogens is 172 g/mol. The van der Waals surface area contributed by atoms with Crippen molar-refractivity contribution in [2.45, 2.75) is 46.5 Å². The number of hydrogen-bond acceptors (Lipinski definition) is 1. The molecule has 0 rings (SSSR count). The second kappa shape index (κ2) is 7.54. The molecule has 0 fully saturated rings. The Morgan fingerprint density at radius 3 is 2.50 bits per heavy atom. The molecule has 1 nitrogen and oxygen atoms in total. The van der Waals surface area contributed by atoms with Crippen LogP contribution in [0.15, 0.2) is 24.3 Å². The normalized spacial score (nSPS) is 13.8. The number of ketones is 1. The Bertz CT molecular complexity index is 213. The van der Waals surface area contributed by atoms with Crippen LogP contribution >= 0.6 is 0 Å². The topological polar surface area (TPSA) is 17.1 Å². The van der Waals surface area contributed by atoms with Gasteiger partial charge in [0.2, 0.25) is 0 Å². The van der Waals surface area contributed by atoms with Gasteiger partial charge in [-0.2, -0.15) is 0 Å². The third-order valence-corrected chi connectivity index (χ3v) is 2.49. The van der Waals surface area contributed by atoms with Crippen molar-refractivity contribution in [1.29, 1.82) is 0 Å². The summed E-state index contributed by atoms with van der Waals surface area (Å²) < 4.78 is 0. The molecule has 14 heavy (non-hydrogen) atoms. The average Bonchev–Trinajstić information content (AvgIpc) is 2.18. The summed E-state index contributed by atoms with van der Waals surface area (Å²) in [5.74, 6) is 0.618. The number of allylic oxidation sites excluding steroid dienone is 3. The fourth-order valence-corrected chi connectivity index (χ4v) is 1.39. The van der Waals surface area contributed by atoms with E-state index in [0.717, 1.165) is 31.3 Å². The van der Waals surface area contributed by atoms with E-state index in [1.54, 1.807) is 0 Å². The molecule has 0 amide bonds. The van der Waals surface area contributed by atoms with Gasteiger partial charge in [0.05, 0.1) is 0 Å². The molecule has 0 radical (unpaired) electrons. The molecule has 0 N–H and O–H groups in total. The van der Waals surface area contributed by atoms with Crippen molar-refractivity contribution in [2.75, 3.05) is 0 Å². The van der Waals surface area contributed by atoms with Gasteiger partial charge in [0.1, 0.15) is 5.78 Å². The van der Waals surface area contributed by atoms with Crippen LogP contribution in [-0.4, -0.2) is 5.78 Å². The first-order valence-corrected chi connectivity index (χ1v) is 5.47. The summed E-state index contributed by atoms with van der Waals surface area (Å²) >= 11 is 0. The van der Waals surface area contributed by atoms with Crippen LogP contribution in [-0.2, 0) is 4.79 Å². The third-order valence-electron chi connectivity index (χ3n) is 2.49. The molecule has 0 bridgehead atoms. The summed E-state index contributed by atoms with van der Waals surface area (Å²) in [7, 11) is 0. The van der Waals surface area contributed by atoms with Crippen LogP contribution in [0.2, 0.25) is 0 Å². The van der Waals surface area contributed by atoms with Crippen molar-refractivity contribution < 1.29 is 4.79 Å². The molecule has 0 spiro atoms. The van der Waals surface area contributed by atoms with Crippen molar-refractivity contribution in [3.8, 4) is 0 Å². The monoisotopic (exact) mass is 194 g/mol. The zero-order valence-corrected chi connectivity index (χ0v) is 9.68. The number of hydrogen-bond donors (Lipinski definition) is 0. The first-order chi connectivity index (χ1) is 6.65. The molecule has 1 atom stereocenters. The van der Waals surface area contributed by atoms with Crippen molar-refractivity contribution >= 4 is 5.78 Å². The van der Waals surface area contributed by atoms with E-state index in [1.807, 2.05) is 13.0 Å². The van der Waals surface area contributed by atoms with Crippen molar-refractivity contribution in [2.24, 2.45) is 5.92 Å². The highest BCUT2D eigenvalue weighted by Gasteiger charge is 2.13. The molecule has 1 unspecified atom stereocenters. The summed E-state index contributed by atoms with van der Waals surface area (Å²) in [6, 6.07) is 0. The molecule has 1 heteroatoms. The minimum atomic E-state index is 0.213. The van der Waals surface area contributed by atoms with E-state index >= 15 is 0 Å². The lowest BCUT2D eigenvalue weighted by molar-refractivity contribution is -0.122. The van der Waals surface area contributed by atoms with E-state index in [1.165, 1.54) is 0 Å². The zero-order chi connectivity index (χ0) is 11.0. The van der Waals surface area contributed by atoms with Gasteiger partial charge in [-0.25, -0.2) is 0 Å². The predicted molar refractivity (Wildman–Crippen MR) is 62.3 cm³/mol. The summed E-state index contributed by atoms with van der Waals surface area (Å²) in [5.41, 5.74) is 1.16. The molecule has 80 valence electrons. The molecule has 0 aliphatic carbocycles. The number of carbonyl (C=O) groups is 1. The van der Waals surface area contributed by atoms with Crippen LogP contribution in [0.1, 0.15) is 46.5 Å². The largest absolute Gasteiger partial charge is 0.299 e. The molecule has 0 aromatic carbocycles. The minimum Gasteiger partial charge on any atom is -0.299 e. The molecule has 0 aromatic rings. The van der Waals surface area contributed by atoms with Crippen LogP contribution < -0.4 is 0 Å². The number of rotatable bonds is 7. The number of carbonyl (C=O) groups excluding carboxylic acids is 1. The van der Waals surface area contributed by atoms with Crippen LogP contribution in [0.5, 0.6) is 0 Å². The average molecular weight is 194 g/mol. The van der Waals surface area contributed by atoms with Crippen LogP contribution in [0.3, 0.4) is 0 Å². The maximum atomic E-state index is 11.6. The lowest BCUT2D eigenvalue weighted by Crippen LogP contribution is -2.12. The van der Waals surface area contributed by atoms with Gasteiger partial charge in [0, 0.05) is 12.3 Å². The van der Waals surface area contributed by atoms with Gasteiger partial charge in [-0.05, 0) is 26.2 Å². The van der Waals surface area contributed by atoms with E-state index in [4.69, 9.17) is 0 Å². The molecule has 0 aromatic heterocycles. The second-order valence-corrected chi connectivity index (χ2v) is 3.71. The molecule has 0 saturated heterocycles. The molecule has 0 aliphatic heterocycles. The van der Waals surface area contributed by atoms with Crippen molar-refractivity contribution in [1.82, 2.24) is 0 Å². The van der Waals surface area contributed by atoms with Gasteiger partial charge in [0.25, 0.3) is 0 Å². The van der Waals surface area contributed by atoms with E-state index in [9.17, 15) is 4.79 Å². The van der Waals surface area contributed by atoms with E-state index in [-0.39, 0.29) is 5.92 Å². The van der Waals surface area contributed by atoms with Gasteiger partial charge in [0.15, 0.2) is 0 Å². The Kier molecular flexibility index (Phi) is 7.09. The highest BCUT2D eigenvalue weighted by molar-refractivity contribution is 5.81. The van der Waals surface area contributed by atoms with Crippen molar-refractivity contribution in [3.05, 3.63) is 24.3 Å². The molecule has 0 heterocycles. The van der Waals surface area contributed by atoms with Gasteiger partial charge in [-0.1, -0.05) is 38.2 Å². The number of Topliss-reactive ketones (excluding diaryl/α,β-unsaturated/α-hetero) is 1. The van der Waals surface area contributed by atoms with Crippen molar-refractivity contribution in [3.63, 3.8) is 0 Å². The lowest BCUT2D eigenvalue weighted by Gasteiger charge is -2.10. The third kappa shape index (κ3) is 5.00. The highest BCUT2D eigenvalue weighted by atomic mass is 16.1. The molecular formula is C13H22O. The van der Waals surface area contributed by atoms with Gasteiger partial charge >= 0.3 is 0 Å². The summed E-state index contributed by atoms with van der Waals surface area (Å²) in [6.45, 7) is 9.84. The van der Waals surface area contributed by atoms with Crippen LogP contribution in [0.25, 0.3) is 0 Å². The summed E-state index contributed by atoms with van der Waals surface area (Å²) in [5, 5.41) is 0. The maximum Gasteiger partial charge on any atom is 0.136 e. The Morgan fingerprint density at radius 1 is 1.43 bits per heavy atom. The Morgan fingerprint density at radius 2 is 2.07 bits per heavy atom. The molecule has 0 aliphatic rings. The first-order valence-electron chi connectivity index (χ1n) is 5.47. The second-order valence-electron chi connectivity index (χ2n) is 3.71. The summed E-state index contributed by atoms with van der Waals surface area (Å²) in [6.07, 6.45) is 7.43. The quantitative estimate of drug-likeness (QED) is 0.562. The zero-order valence-electron chi connectivity index (χ0n) is 9.68. The highest BCUT2D eigenvalue weighted by Crippen LogP contribution is 2.14. The smallest absolute Gasteiger partial charge is 0.136 e. The lowest BCUT2D eigenvalue weighted by atomic mass is 9.93. The summed E-state index contributed by atoms with van der Waals surface area (Å²) in [4.78, 5) is 11.6. The maximum absolute atomic E-state index is 11.6. The predicted octanol–water partition coefficient (Wildman–Crippen LogP) is 3.90. The van der Waals surface area contributed by atoms with Gasteiger partial charge in [-0.15, -0.1) is 0 Å². The minimum absolute atomic E-state index is 0.213. The van der Waals surface area contributed by atoms with E-state index in [0.29, 0.717) is 5.78 Å². The first kappa shape index (κ1) is 13.2. The Hall–Kier alpha value is -0.850. The van der Waals surface area contributed by atoms with E-state index < -0.39 is 0 Å². The fourth-order valence-electron chi connectivity index (χ4n) is 1.39. The van der Waals surface area contributed by atoms with Gasteiger partial charge in [-0.3, -0.25) is 4.79 Å². The standard InChI is InChI=1S/C13H22O/c1-5-8-13(14)12(7-3)10-9-11(4)6-2/h6,9,12H,2,5,7-8,10H2,1,3-4H3/b11-9+. The van der Waals surface area contributed by atoms with Gasteiger partial charge < -0.3 is 0 Å². The van der Waals surface area contributed by atoms with Crippen LogP contribution in [0, 0.1) is 5.92 Å². The fraction of sp³-hybridized carbons (Fsp3) is 0.615. The Labute approximate surface area is 87.9 Å². The van der Waals surface area contributed by atoms with E-state index in [2.05, 4.69) is 26.5 Å². The van der Waals surface area contributed by atoms with Crippen LogP contribution in [0.4, 0.5) is 0 Å². The Balaban J connectivity index is 4.15. The SMILES string of the molecule is C=C/C(C)=C/CC(CC)C(=O)CCC. The molecule has 0 saturated carbocycles.